The first-order valence-corrected chi connectivity index (χ1v) is 22.0. The topological polar surface area (TPSA) is 213 Å². The molecule has 2 aromatic heterocycles. The Morgan fingerprint density at radius 3 is 1.37 bits per heavy atom. The van der Waals surface area contributed by atoms with Crippen LogP contribution in [0.5, 0.6) is 11.5 Å². The molecule has 6 aromatic carbocycles. The summed E-state index contributed by atoms with van der Waals surface area (Å²) in [6.07, 6.45) is 2.74. The van der Waals surface area contributed by atoms with Gasteiger partial charge in [-0.2, -0.15) is 0 Å². The summed E-state index contributed by atoms with van der Waals surface area (Å²) in [6.45, 7) is 5.34. The highest BCUT2D eigenvalue weighted by Gasteiger charge is 2.16. The maximum absolute atomic E-state index is 12.5. The van der Waals surface area contributed by atoms with Gasteiger partial charge in [0.25, 0.3) is 23.6 Å². The standard InChI is InChI=1S/C27H27N3O4.C26H25N3O4/c1-2-6-18-7-5-8-20-17-24(34-25(18)20)27(32)29-15-16-33-21-13-11-19(12-14-21)26(31)30-23-10-4-3-9-22(23)28;1-2-17-6-5-7-19-16-23(33-24(17)19)26(31)28-14-15-32-20-12-10-18(11-13-20)25(30)29-22-9-4-3-8-21(22)27/h3-5,7-14,17H,2,6,15-16,28H2,1H3,(H,29,32)(H,30,31);3-13,16H,2,14-15,27H2,1H3,(H,28,31)(H,29,30). The first-order chi connectivity index (χ1) is 32.6. The van der Waals surface area contributed by atoms with E-state index in [0.717, 1.165) is 52.3 Å². The van der Waals surface area contributed by atoms with Gasteiger partial charge in [-0.1, -0.05) is 80.9 Å². The number of carbonyl (C=O) groups excluding carboxylic acids is 4. The molecule has 14 nitrogen and oxygen atoms in total. The molecular weight excluding hydrogens is 849 g/mol. The Hall–Kier alpha value is -8.52. The van der Waals surface area contributed by atoms with Gasteiger partial charge in [-0.25, -0.2) is 0 Å². The lowest BCUT2D eigenvalue weighted by molar-refractivity contribution is 0.0914. The maximum atomic E-state index is 12.5. The Balaban J connectivity index is 0.000000199. The van der Waals surface area contributed by atoms with Gasteiger partial charge >= 0.3 is 0 Å². The van der Waals surface area contributed by atoms with E-state index in [1.54, 1.807) is 109 Å². The van der Waals surface area contributed by atoms with Crippen molar-refractivity contribution in [3.63, 3.8) is 0 Å². The van der Waals surface area contributed by atoms with E-state index in [4.69, 9.17) is 29.8 Å². The predicted octanol–water partition coefficient (Wildman–Crippen LogP) is 9.67. The van der Waals surface area contributed by atoms with Crippen LogP contribution in [-0.2, 0) is 12.8 Å². The Kier molecular flexibility index (Phi) is 15.5. The van der Waals surface area contributed by atoms with Crippen LogP contribution >= 0.6 is 0 Å². The number of hydrogen-bond acceptors (Lipinski definition) is 10. The number of benzene rings is 6. The second kappa shape index (κ2) is 22.4. The molecule has 0 aliphatic rings. The Morgan fingerprint density at radius 1 is 0.507 bits per heavy atom. The van der Waals surface area contributed by atoms with Crippen LogP contribution in [0.1, 0.15) is 73.2 Å². The molecular formula is C53H52N6O8. The first kappa shape index (κ1) is 46.5. The molecule has 342 valence electrons. The van der Waals surface area contributed by atoms with Gasteiger partial charge in [0, 0.05) is 21.9 Å². The van der Waals surface area contributed by atoms with Gasteiger partial charge in [-0.3, -0.25) is 19.2 Å². The normalized spacial score (nSPS) is 10.7. The van der Waals surface area contributed by atoms with E-state index >= 15 is 0 Å². The van der Waals surface area contributed by atoms with Gasteiger partial charge in [-0.15, -0.1) is 0 Å². The van der Waals surface area contributed by atoms with Crippen LogP contribution in [0.25, 0.3) is 21.9 Å². The second-order valence-electron chi connectivity index (χ2n) is 15.3. The van der Waals surface area contributed by atoms with Crippen LogP contribution in [0, 0.1) is 0 Å². The van der Waals surface area contributed by atoms with E-state index in [2.05, 4.69) is 28.2 Å². The Labute approximate surface area is 387 Å². The summed E-state index contributed by atoms with van der Waals surface area (Å²) in [5.41, 5.74) is 18.5. The van der Waals surface area contributed by atoms with Crippen molar-refractivity contribution < 1.29 is 37.5 Å². The molecule has 0 atom stereocenters. The molecule has 0 radical (unpaired) electrons. The number of hydrogen-bond donors (Lipinski definition) is 6. The number of nitrogen functional groups attached to an aromatic ring is 2. The molecule has 0 aliphatic carbocycles. The van der Waals surface area contributed by atoms with Gasteiger partial charge in [0.05, 0.1) is 35.8 Å². The highest BCUT2D eigenvalue weighted by atomic mass is 16.5. The molecule has 2 heterocycles. The van der Waals surface area contributed by atoms with Crippen molar-refractivity contribution in [3.8, 4) is 11.5 Å². The number of fused-ring (bicyclic) bond motifs is 2. The monoisotopic (exact) mass is 900 g/mol. The fraction of sp³-hybridized carbons (Fsp3) is 0.170. The van der Waals surface area contributed by atoms with Crippen LogP contribution in [0.15, 0.2) is 154 Å². The van der Waals surface area contributed by atoms with Crippen molar-refractivity contribution in [2.45, 2.75) is 33.1 Å². The molecule has 4 amide bonds. The van der Waals surface area contributed by atoms with E-state index in [-0.39, 0.29) is 48.4 Å². The second-order valence-corrected chi connectivity index (χ2v) is 15.3. The zero-order valence-electron chi connectivity index (χ0n) is 37.2. The average molecular weight is 901 g/mol. The Bertz CT molecular complexity index is 2980. The molecule has 0 bridgehead atoms. The van der Waals surface area contributed by atoms with Gasteiger partial charge in [0.2, 0.25) is 0 Å². The number of nitrogens with two attached hydrogens (primary N) is 2. The number of amides is 4. The zero-order chi connectivity index (χ0) is 47.1. The van der Waals surface area contributed by atoms with Crippen molar-refractivity contribution in [2.24, 2.45) is 0 Å². The van der Waals surface area contributed by atoms with Crippen molar-refractivity contribution in [1.82, 2.24) is 10.6 Å². The molecule has 0 saturated heterocycles. The lowest BCUT2D eigenvalue weighted by Crippen LogP contribution is -2.27. The molecule has 8 N–H and O–H groups in total. The fourth-order valence-electron chi connectivity index (χ4n) is 7.07. The third-order valence-electron chi connectivity index (χ3n) is 10.6. The predicted molar refractivity (Wildman–Crippen MR) is 262 cm³/mol. The minimum absolute atomic E-state index is 0.260. The van der Waals surface area contributed by atoms with Crippen LogP contribution in [0.2, 0.25) is 0 Å². The van der Waals surface area contributed by atoms with Crippen molar-refractivity contribution in [1.29, 1.82) is 0 Å². The van der Waals surface area contributed by atoms with Crippen LogP contribution in [0.3, 0.4) is 0 Å². The highest BCUT2D eigenvalue weighted by molar-refractivity contribution is 6.06. The summed E-state index contributed by atoms with van der Waals surface area (Å²) in [5.74, 6) is 0.662. The van der Waals surface area contributed by atoms with Crippen LogP contribution in [0.4, 0.5) is 22.7 Å². The summed E-state index contributed by atoms with van der Waals surface area (Å²) >= 11 is 0. The number of carbonyl (C=O) groups is 4. The zero-order valence-corrected chi connectivity index (χ0v) is 37.2. The van der Waals surface area contributed by atoms with E-state index in [9.17, 15) is 19.2 Å². The molecule has 0 saturated carbocycles. The quantitative estimate of drug-likeness (QED) is 0.0376. The van der Waals surface area contributed by atoms with Crippen LogP contribution < -0.4 is 42.2 Å². The third-order valence-corrected chi connectivity index (χ3v) is 10.6. The summed E-state index contributed by atoms with van der Waals surface area (Å²) in [6, 6.07) is 43.0. The molecule has 8 rings (SSSR count). The van der Waals surface area contributed by atoms with Gasteiger partial charge in [0.1, 0.15) is 35.9 Å². The SMILES string of the molecule is CCCc1cccc2cc(C(=O)NCCOc3ccc(C(=O)Nc4ccccc4N)cc3)oc12.CCc1cccc2cc(C(=O)NCCOc3ccc(C(=O)Nc4ccccc4N)cc3)oc12. The van der Waals surface area contributed by atoms with E-state index in [0.29, 0.717) is 58.5 Å². The summed E-state index contributed by atoms with van der Waals surface area (Å²) in [5, 5.41) is 13.0. The summed E-state index contributed by atoms with van der Waals surface area (Å²) in [4.78, 5) is 49.7. The minimum Gasteiger partial charge on any atom is -0.492 e. The molecule has 14 heteroatoms. The number of anilines is 4. The third kappa shape index (κ3) is 12.2. The molecule has 8 aromatic rings. The minimum atomic E-state index is -0.288. The fourth-order valence-corrected chi connectivity index (χ4v) is 7.07. The van der Waals surface area contributed by atoms with Gasteiger partial charge in [-0.05, 0) is 109 Å². The summed E-state index contributed by atoms with van der Waals surface area (Å²) in [7, 11) is 0. The van der Waals surface area contributed by atoms with Gasteiger partial charge < -0.3 is 51.0 Å². The molecule has 0 fully saturated rings. The van der Waals surface area contributed by atoms with E-state index in [1.165, 1.54) is 0 Å². The van der Waals surface area contributed by atoms with E-state index < -0.39 is 0 Å². The highest BCUT2D eigenvalue weighted by Crippen LogP contribution is 2.26. The smallest absolute Gasteiger partial charge is 0.287 e. The summed E-state index contributed by atoms with van der Waals surface area (Å²) < 4.78 is 22.9. The van der Waals surface area contributed by atoms with Crippen molar-refractivity contribution >= 4 is 68.3 Å². The molecule has 0 unspecified atom stereocenters. The average Bonchev–Trinajstić information content (AvgIpc) is 4.00. The van der Waals surface area contributed by atoms with E-state index in [1.807, 2.05) is 43.3 Å². The molecule has 67 heavy (non-hydrogen) atoms. The van der Waals surface area contributed by atoms with Crippen molar-refractivity contribution in [2.75, 3.05) is 48.4 Å². The Morgan fingerprint density at radius 2 is 0.940 bits per heavy atom. The number of nitrogens with one attached hydrogen (secondary N) is 4. The molecule has 0 aliphatic heterocycles. The van der Waals surface area contributed by atoms with Crippen molar-refractivity contribution in [3.05, 3.63) is 179 Å². The van der Waals surface area contributed by atoms with Crippen LogP contribution in [-0.4, -0.2) is 49.9 Å². The molecule has 0 spiro atoms. The number of para-hydroxylation sites is 6. The number of aryl methyl sites for hydroxylation is 2. The lowest BCUT2D eigenvalue weighted by atomic mass is 10.1. The maximum Gasteiger partial charge on any atom is 0.287 e. The lowest BCUT2D eigenvalue weighted by Gasteiger charge is -2.09. The van der Waals surface area contributed by atoms with Gasteiger partial charge in [0.15, 0.2) is 11.5 Å². The number of rotatable bonds is 17. The largest absolute Gasteiger partial charge is 0.492 e. The first-order valence-electron chi connectivity index (χ1n) is 22.0. The number of ether oxygens (including phenoxy) is 2. The number of furan rings is 2.